The van der Waals surface area contributed by atoms with Crippen LogP contribution in [-0.2, 0) is 28.6 Å². The summed E-state index contributed by atoms with van der Waals surface area (Å²) in [4.78, 5) is 38.1. The molecule has 0 saturated heterocycles. The monoisotopic (exact) mass is 1010 g/mol. The van der Waals surface area contributed by atoms with Crippen LogP contribution in [0.4, 0.5) is 0 Å². The molecule has 73 heavy (non-hydrogen) atoms. The molecular weight excluding hydrogens is 901 g/mol. The molecule has 410 valence electrons. The van der Waals surface area contributed by atoms with E-state index in [0.29, 0.717) is 19.3 Å². The van der Waals surface area contributed by atoms with Crippen LogP contribution >= 0.6 is 0 Å². The van der Waals surface area contributed by atoms with Crippen LogP contribution in [-0.4, -0.2) is 37.2 Å². The predicted molar refractivity (Wildman–Crippen MR) is 315 cm³/mol. The van der Waals surface area contributed by atoms with Gasteiger partial charge in [-0.3, -0.25) is 14.4 Å². The van der Waals surface area contributed by atoms with E-state index in [2.05, 4.69) is 142 Å². The molecular formula is C67H106O6. The fraction of sp³-hybridized carbons (Fsp3) is 0.597. The quantitative estimate of drug-likeness (QED) is 0.0261. The summed E-state index contributed by atoms with van der Waals surface area (Å²) in [7, 11) is 0. The molecule has 0 aromatic heterocycles. The first kappa shape index (κ1) is 68.3. The molecule has 0 aliphatic heterocycles. The molecule has 0 aromatic rings. The summed E-state index contributed by atoms with van der Waals surface area (Å²) in [5, 5.41) is 0. The van der Waals surface area contributed by atoms with Crippen molar-refractivity contribution in [2.75, 3.05) is 13.2 Å². The molecule has 0 aliphatic rings. The van der Waals surface area contributed by atoms with Crippen LogP contribution in [0.25, 0.3) is 0 Å². The van der Waals surface area contributed by atoms with Gasteiger partial charge in [-0.1, -0.05) is 244 Å². The molecule has 0 aromatic carbocycles. The first-order valence-corrected chi connectivity index (χ1v) is 29.3. The Morgan fingerprint density at radius 2 is 0.562 bits per heavy atom. The van der Waals surface area contributed by atoms with E-state index in [1.807, 2.05) is 24.3 Å². The second-order valence-electron chi connectivity index (χ2n) is 18.8. The number of ether oxygens (including phenoxy) is 3. The van der Waals surface area contributed by atoms with Crippen LogP contribution < -0.4 is 0 Å². The molecule has 0 N–H and O–H groups in total. The summed E-state index contributed by atoms with van der Waals surface area (Å²) in [5.41, 5.74) is 0. The SMILES string of the molecule is CC/C=C\C/C=C\C/C=C\C/C=C\C/C=C\C/C=C\CCC(=O)O[C@H](COC(=O)CC/C=C\C/C=C\C/C=C\C/C=C\C/C=C\CCCCC)COC(=O)CCCCCCCCC/C=C\CCCCCCCC. The smallest absolute Gasteiger partial charge is 0.306 e. The van der Waals surface area contributed by atoms with Crippen molar-refractivity contribution in [1.82, 2.24) is 0 Å². The Hall–Kier alpha value is -4.71. The third-order valence-corrected chi connectivity index (χ3v) is 11.8. The number of hydrogen-bond donors (Lipinski definition) is 0. The zero-order valence-electron chi connectivity index (χ0n) is 46.8. The number of hydrogen-bond acceptors (Lipinski definition) is 6. The number of carbonyl (C=O) groups is 3. The van der Waals surface area contributed by atoms with Crippen LogP contribution in [0.15, 0.2) is 146 Å². The van der Waals surface area contributed by atoms with Crippen molar-refractivity contribution in [3.8, 4) is 0 Å². The highest BCUT2D eigenvalue weighted by molar-refractivity contribution is 5.71. The van der Waals surface area contributed by atoms with E-state index >= 15 is 0 Å². The highest BCUT2D eigenvalue weighted by Crippen LogP contribution is 2.13. The molecule has 6 heteroatoms. The Morgan fingerprint density at radius 1 is 0.288 bits per heavy atom. The predicted octanol–water partition coefficient (Wildman–Crippen LogP) is 20.0. The Balaban J connectivity index is 4.64. The fourth-order valence-corrected chi connectivity index (χ4v) is 7.44. The van der Waals surface area contributed by atoms with Gasteiger partial charge >= 0.3 is 17.9 Å². The standard InChI is InChI=1S/C67H106O6/c1-4-7-10-13-16-19-22-25-28-31-33-36-39-42-45-48-51-54-57-60-66(69)72-63-64(62-71-65(68)59-56-53-50-47-44-41-38-35-30-27-24-21-18-15-12-9-6-3)73-67(70)61-58-55-52-49-46-43-40-37-34-32-29-26-23-20-17-14-11-8-5-2/h8,11,16-17,19-20,25-30,33-34,36-37,42-43,45-46,51-52,54-55,64H,4-7,9-10,12-15,18,21-24,31-32,35,38-41,44,47-50,53,56-63H2,1-3H3/b11-8-,19-16-,20-17-,28-25-,29-26-,30-27-,36-33-,37-34-,45-42-,46-43-,54-51-,55-52-/t64-/m0/s1. The number of allylic oxidation sites excluding steroid dienone is 24. The third-order valence-electron chi connectivity index (χ3n) is 11.8. The number of unbranched alkanes of at least 4 members (excludes halogenated alkanes) is 16. The highest BCUT2D eigenvalue weighted by Gasteiger charge is 2.19. The lowest BCUT2D eigenvalue weighted by atomic mass is 10.1. The molecule has 0 heterocycles. The van der Waals surface area contributed by atoms with Gasteiger partial charge in [-0.25, -0.2) is 0 Å². The van der Waals surface area contributed by atoms with E-state index < -0.39 is 12.1 Å². The van der Waals surface area contributed by atoms with E-state index in [9.17, 15) is 14.4 Å². The van der Waals surface area contributed by atoms with Crippen molar-refractivity contribution in [1.29, 1.82) is 0 Å². The molecule has 0 fully saturated rings. The van der Waals surface area contributed by atoms with E-state index in [1.165, 1.54) is 103 Å². The molecule has 0 saturated carbocycles. The van der Waals surface area contributed by atoms with Crippen molar-refractivity contribution < 1.29 is 28.6 Å². The van der Waals surface area contributed by atoms with E-state index in [0.717, 1.165) is 83.5 Å². The van der Waals surface area contributed by atoms with Gasteiger partial charge in [0.05, 0.1) is 0 Å². The molecule has 0 aliphatic carbocycles. The van der Waals surface area contributed by atoms with Crippen LogP contribution in [0.5, 0.6) is 0 Å². The Bertz CT molecular complexity index is 1630. The largest absolute Gasteiger partial charge is 0.462 e. The van der Waals surface area contributed by atoms with E-state index in [4.69, 9.17) is 14.2 Å². The summed E-state index contributed by atoms with van der Waals surface area (Å²) in [6, 6.07) is 0. The minimum absolute atomic E-state index is 0.139. The van der Waals surface area contributed by atoms with Crippen molar-refractivity contribution in [2.24, 2.45) is 0 Å². The summed E-state index contributed by atoms with van der Waals surface area (Å²) in [6.45, 7) is 6.36. The van der Waals surface area contributed by atoms with Crippen LogP contribution in [0, 0.1) is 0 Å². The summed E-state index contributed by atoms with van der Waals surface area (Å²) in [5.74, 6) is -1.12. The third kappa shape index (κ3) is 58.1. The van der Waals surface area contributed by atoms with Gasteiger partial charge in [-0.2, -0.15) is 0 Å². The lowest BCUT2D eigenvalue weighted by Crippen LogP contribution is -2.30. The molecule has 0 unspecified atom stereocenters. The van der Waals surface area contributed by atoms with Gasteiger partial charge in [-0.15, -0.1) is 0 Å². The van der Waals surface area contributed by atoms with Gasteiger partial charge < -0.3 is 14.2 Å². The van der Waals surface area contributed by atoms with Gasteiger partial charge in [-0.05, 0) is 122 Å². The zero-order valence-corrected chi connectivity index (χ0v) is 46.8. The molecule has 0 bridgehead atoms. The first-order valence-electron chi connectivity index (χ1n) is 29.3. The Morgan fingerprint density at radius 3 is 0.959 bits per heavy atom. The molecule has 6 nitrogen and oxygen atoms in total. The lowest BCUT2D eigenvalue weighted by molar-refractivity contribution is -0.166. The topological polar surface area (TPSA) is 78.9 Å². The zero-order chi connectivity index (χ0) is 52.9. The van der Waals surface area contributed by atoms with Crippen LogP contribution in [0.2, 0.25) is 0 Å². The van der Waals surface area contributed by atoms with Gasteiger partial charge in [0.25, 0.3) is 0 Å². The molecule has 0 amide bonds. The molecule has 0 spiro atoms. The minimum Gasteiger partial charge on any atom is -0.462 e. The highest BCUT2D eigenvalue weighted by atomic mass is 16.6. The van der Waals surface area contributed by atoms with E-state index in [1.54, 1.807) is 0 Å². The van der Waals surface area contributed by atoms with Crippen molar-refractivity contribution >= 4 is 17.9 Å². The Labute approximate surface area is 448 Å². The van der Waals surface area contributed by atoms with Crippen molar-refractivity contribution in [3.05, 3.63) is 146 Å². The first-order chi connectivity index (χ1) is 36.0. The molecule has 1 atom stereocenters. The van der Waals surface area contributed by atoms with E-state index in [-0.39, 0.29) is 38.0 Å². The lowest BCUT2D eigenvalue weighted by Gasteiger charge is -2.18. The average molecular weight is 1010 g/mol. The molecule has 0 rings (SSSR count). The van der Waals surface area contributed by atoms with Gasteiger partial charge in [0.1, 0.15) is 13.2 Å². The maximum atomic E-state index is 12.8. The maximum absolute atomic E-state index is 12.8. The summed E-state index contributed by atoms with van der Waals surface area (Å²) >= 11 is 0. The summed E-state index contributed by atoms with van der Waals surface area (Å²) in [6.07, 6.45) is 85.7. The van der Waals surface area contributed by atoms with Gasteiger partial charge in [0.2, 0.25) is 0 Å². The second kappa shape index (κ2) is 59.8. The van der Waals surface area contributed by atoms with Gasteiger partial charge in [0.15, 0.2) is 6.10 Å². The molecule has 0 radical (unpaired) electrons. The van der Waals surface area contributed by atoms with Crippen molar-refractivity contribution in [3.63, 3.8) is 0 Å². The van der Waals surface area contributed by atoms with Crippen LogP contribution in [0.1, 0.15) is 239 Å². The van der Waals surface area contributed by atoms with Crippen molar-refractivity contribution in [2.45, 2.75) is 245 Å². The minimum atomic E-state index is -0.857. The summed E-state index contributed by atoms with van der Waals surface area (Å²) < 4.78 is 16.7. The van der Waals surface area contributed by atoms with Gasteiger partial charge in [0, 0.05) is 19.3 Å². The van der Waals surface area contributed by atoms with Crippen LogP contribution in [0.3, 0.4) is 0 Å². The normalized spacial score (nSPS) is 13.2. The number of esters is 3. The average Bonchev–Trinajstić information content (AvgIpc) is 3.39. The Kier molecular flexibility index (Phi) is 56.0. The second-order valence-corrected chi connectivity index (χ2v) is 18.8. The number of rotatable bonds is 51. The fourth-order valence-electron chi connectivity index (χ4n) is 7.44. The number of carbonyl (C=O) groups excluding carboxylic acids is 3. The maximum Gasteiger partial charge on any atom is 0.306 e.